The standard InChI is InChI=1S/C61H32F12N4O/c62-58(63,64)41-23-39(24-42(31-41)59(65,66)67)36-17-20-50-47(27-36)48-28-37(40-25-43(60(68,69)70)32-44(26-40)61(71,72)73)18-21-51(48)77(50)52-22-16-35(38-15-19-46-45-13-7-8-14-53(45)78-54(46)30-38)29-49(52)57-75-55(33-9-3-1-4-10-33)74-56(76-57)34-11-5-2-6-12-34/h1-32H. The van der Waals surface area contributed by atoms with Gasteiger partial charge in [0.2, 0.25) is 0 Å². The van der Waals surface area contributed by atoms with Crippen LogP contribution in [-0.2, 0) is 24.7 Å². The van der Waals surface area contributed by atoms with E-state index < -0.39 is 58.1 Å². The monoisotopic (exact) mass is 1060 g/mol. The first-order valence-corrected chi connectivity index (χ1v) is 23.8. The Morgan fingerprint density at radius 1 is 0.295 bits per heavy atom. The zero-order valence-corrected chi connectivity index (χ0v) is 39.7. The Balaban J connectivity index is 1.15. The van der Waals surface area contributed by atoms with E-state index in [-0.39, 0.29) is 62.5 Å². The van der Waals surface area contributed by atoms with Gasteiger partial charge in [-0.2, -0.15) is 52.7 Å². The number of aromatic nitrogens is 4. The Kier molecular flexibility index (Phi) is 11.6. The molecule has 0 atom stereocenters. The molecule has 0 aliphatic rings. The predicted molar refractivity (Wildman–Crippen MR) is 274 cm³/mol. The quantitative estimate of drug-likeness (QED) is 0.149. The lowest BCUT2D eigenvalue weighted by atomic mass is 9.96. The van der Waals surface area contributed by atoms with E-state index in [2.05, 4.69) is 0 Å². The third kappa shape index (κ3) is 9.13. The van der Waals surface area contributed by atoms with Crippen molar-refractivity contribution in [1.29, 1.82) is 0 Å². The van der Waals surface area contributed by atoms with Crippen molar-refractivity contribution in [3.05, 3.63) is 216 Å². The Morgan fingerprint density at radius 2 is 0.692 bits per heavy atom. The number of furan rings is 1. The summed E-state index contributed by atoms with van der Waals surface area (Å²) in [6.07, 6.45) is -20.8. The van der Waals surface area contributed by atoms with Crippen LogP contribution in [0, 0.1) is 0 Å². The van der Waals surface area contributed by atoms with Gasteiger partial charge < -0.3 is 8.98 Å². The van der Waals surface area contributed by atoms with E-state index in [0.29, 0.717) is 68.9 Å². The molecule has 0 unspecified atom stereocenters. The first-order chi connectivity index (χ1) is 37.1. The molecule has 0 saturated carbocycles. The summed E-state index contributed by atoms with van der Waals surface area (Å²) < 4.78 is 179. The maximum absolute atomic E-state index is 14.3. The van der Waals surface area contributed by atoms with Crippen LogP contribution in [0.1, 0.15) is 22.3 Å². The molecule has 3 aromatic heterocycles. The highest BCUT2D eigenvalue weighted by Gasteiger charge is 2.39. The molecule has 386 valence electrons. The second kappa shape index (κ2) is 18.2. The van der Waals surface area contributed by atoms with E-state index in [0.717, 1.165) is 10.8 Å². The number of hydrogen-bond donors (Lipinski definition) is 0. The Morgan fingerprint density at radius 3 is 1.18 bits per heavy atom. The van der Waals surface area contributed by atoms with Gasteiger partial charge in [0, 0.05) is 38.2 Å². The number of halogens is 12. The first-order valence-electron chi connectivity index (χ1n) is 23.8. The van der Waals surface area contributed by atoms with E-state index in [1.165, 1.54) is 36.4 Å². The van der Waals surface area contributed by atoms with E-state index in [1.807, 2.05) is 115 Å². The number of para-hydroxylation sites is 1. The fourth-order valence-corrected chi connectivity index (χ4v) is 9.81. The minimum atomic E-state index is -5.19. The molecule has 12 rings (SSSR count). The lowest BCUT2D eigenvalue weighted by molar-refractivity contribution is -0.144. The van der Waals surface area contributed by atoms with Crippen LogP contribution in [0.5, 0.6) is 0 Å². The van der Waals surface area contributed by atoms with Gasteiger partial charge in [-0.3, -0.25) is 0 Å². The molecule has 0 radical (unpaired) electrons. The van der Waals surface area contributed by atoms with Gasteiger partial charge in [0.1, 0.15) is 11.2 Å². The summed E-state index contributed by atoms with van der Waals surface area (Å²) >= 11 is 0. The van der Waals surface area contributed by atoms with Crippen LogP contribution in [0.25, 0.3) is 117 Å². The minimum absolute atomic E-state index is 0.00200. The lowest BCUT2D eigenvalue weighted by Crippen LogP contribution is -2.11. The maximum atomic E-state index is 14.3. The predicted octanol–water partition coefficient (Wildman–Crippen LogP) is 18.9. The van der Waals surface area contributed by atoms with Crippen molar-refractivity contribution in [2.75, 3.05) is 0 Å². The molecule has 0 spiro atoms. The summed E-state index contributed by atoms with van der Waals surface area (Å²) in [4.78, 5) is 14.9. The molecule has 0 amide bonds. The summed E-state index contributed by atoms with van der Waals surface area (Å²) in [5, 5.41) is 2.10. The number of alkyl halides is 12. The molecule has 0 bridgehead atoms. The molecule has 0 saturated heterocycles. The van der Waals surface area contributed by atoms with Crippen LogP contribution in [0.15, 0.2) is 199 Å². The Labute approximate surface area is 433 Å². The van der Waals surface area contributed by atoms with Crippen molar-refractivity contribution in [3.63, 3.8) is 0 Å². The third-order valence-corrected chi connectivity index (χ3v) is 13.5. The van der Waals surface area contributed by atoms with Crippen molar-refractivity contribution < 1.29 is 57.1 Å². The highest BCUT2D eigenvalue weighted by atomic mass is 19.4. The Hall–Kier alpha value is -9.25. The fourth-order valence-electron chi connectivity index (χ4n) is 9.81. The van der Waals surface area contributed by atoms with Crippen molar-refractivity contribution in [2.45, 2.75) is 24.7 Å². The molecule has 17 heteroatoms. The van der Waals surface area contributed by atoms with Crippen molar-refractivity contribution in [1.82, 2.24) is 19.5 Å². The van der Waals surface area contributed by atoms with E-state index in [1.54, 1.807) is 10.6 Å². The van der Waals surface area contributed by atoms with Gasteiger partial charge in [-0.25, -0.2) is 15.0 Å². The molecule has 9 aromatic carbocycles. The fraction of sp³-hybridized carbons (Fsp3) is 0.0656. The van der Waals surface area contributed by atoms with Crippen LogP contribution in [0.4, 0.5) is 52.7 Å². The largest absolute Gasteiger partial charge is 0.456 e. The zero-order chi connectivity index (χ0) is 54.5. The van der Waals surface area contributed by atoms with E-state index in [4.69, 9.17) is 19.4 Å². The van der Waals surface area contributed by atoms with Crippen molar-refractivity contribution in [2.24, 2.45) is 0 Å². The molecule has 0 fully saturated rings. The van der Waals surface area contributed by atoms with Gasteiger partial charge in [-0.1, -0.05) is 103 Å². The zero-order valence-electron chi connectivity index (χ0n) is 39.7. The van der Waals surface area contributed by atoms with Crippen LogP contribution in [-0.4, -0.2) is 19.5 Å². The van der Waals surface area contributed by atoms with E-state index in [9.17, 15) is 52.7 Å². The number of rotatable bonds is 7. The van der Waals surface area contributed by atoms with Crippen LogP contribution < -0.4 is 0 Å². The molecule has 5 nitrogen and oxygen atoms in total. The third-order valence-electron chi connectivity index (χ3n) is 13.5. The summed E-state index contributed by atoms with van der Waals surface area (Å²) in [5.41, 5.74) is -2.26. The van der Waals surface area contributed by atoms with Gasteiger partial charge in [-0.15, -0.1) is 0 Å². The average Bonchev–Trinajstić information content (AvgIpc) is 4.20. The molecule has 3 heterocycles. The summed E-state index contributed by atoms with van der Waals surface area (Å²) in [6.45, 7) is 0. The van der Waals surface area contributed by atoms with E-state index >= 15 is 0 Å². The first kappa shape index (κ1) is 49.6. The van der Waals surface area contributed by atoms with Crippen LogP contribution in [0.3, 0.4) is 0 Å². The summed E-state index contributed by atoms with van der Waals surface area (Å²) in [7, 11) is 0. The van der Waals surface area contributed by atoms with Gasteiger partial charge in [0.15, 0.2) is 17.5 Å². The highest BCUT2D eigenvalue weighted by molar-refractivity contribution is 6.12. The molecule has 0 aliphatic carbocycles. The molecule has 0 aliphatic heterocycles. The second-order valence-electron chi connectivity index (χ2n) is 18.5. The number of hydrogen-bond acceptors (Lipinski definition) is 4. The smallest absolute Gasteiger partial charge is 0.416 e. The minimum Gasteiger partial charge on any atom is -0.456 e. The van der Waals surface area contributed by atoms with Crippen molar-refractivity contribution >= 4 is 43.7 Å². The molecular formula is C61H32F12N4O. The normalized spacial score (nSPS) is 12.6. The van der Waals surface area contributed by atoms with Crippen LogP contribution in [0.2, 0.25) is 0 Å². The molecular weight excluding hydrogens is 1030 g/mol. The highest BCUT2D eigenvalue weighted by Crippen LogP contribution is 2.45. The molecule has 0 N–H and O–H groups in total. The number of nitrogens with zero attached hydrogens (tertiary/aromatic N) is 4. The molecule has 12 aromatic rings. The topological polar surface area (TPSA) is 56.7 Å². The summed E-state index contributed by atoms with van der Waals surface area (Å²) in [5.74, 6) is 0.726. The Bertz CT molecular complexity index is 4070. The number of fused-ring (bicyclic) bond motifs is 6. The van der Waals surface area contributed by atoms with Gasteiger partial charge >= 0.3 is 24.7 Å². The summed E-state index contributed by atoms with van der Waals surface area (Å²) in [6, 6.07) is 47.4. The van der Waals surface area contributed by atoms with Crippen molar-refractivity contribution in [3.8, 4) is 73.2 Å². The van der Waals surface area contributed by atoms with Gasteiger partial charge in [0.05, 0.1) is 39.0 Å². The second-order valence-corrected chi connectivity index (χ2v) is 18.5. The maximum Gasteiger partial charge on any atom is 0.416 e. The van der Waals surface area contributed by atoms with Gasteiger partial charge in [0.25, 0.3) is 0 Å². The number of benzene rings is 9. The average molecular weight is 1060 g/mol. The van der Waals surface area contributed by atoms with Crippen LogP contribution >= 0.6 is 0 Å². The molecule has 78 heavy (non-hydrogen) atoms. The SMILES string of the molecule is FC(F)(F)c1cc(-c2ccc3c(c2)c2cc(-c4cc(C(F)(F)F)cc(C(F)(F)F)c4)ccc2n3-c2ccc(-c3ccc4c(c3)oc3ccccc34)cc2-c2nc(-c3ccccc3)nc(-c3ccccc3)n2)cc(C(F)(F)F)c1. The lowest BCUT2D eigenvalue weighted by Gasteiger charge is -2.17. The van der Waals surface area contributed by atoms with Gasteiger partial charge in [-0.05, 0) is 124 Å².